The second kappa shape index (κ2) is 12.4. The van der Waals surface area contributed by atoms with E-state index >= 15 is 0 Å². The summed E-state index contributed by atoms with van der Waals surface area (Å²) >= 11 is 0. The van der Waals surface area contributed by atoms with Gasteiger partial charge in [0.2, 0.25) is 5.91 Å². The highest BCUT2D eigenvalue weighted by atomic mass is 16.5. The molecule has 31 heavy (non-hydrogen) atoms. The van der Waals surface area contributed by atoms with Crippen molar-refractivity contribution in [3.63, 3.8) is 0 Å². The number of para-hydroxylation sites is 1. The molecule has 3 N–H and O–H groups in total. The minimum Gasteiger partial charge on any atom is -0.493 e. The van der Waals surface area contributed by atoms with E-state index in [1.54, 1.807) is 14.2 Å². The van der Waals surface area contributed by atoms with Crippen molar-refractivity contribution in [3.05, 3.63) is 23.8 Å². The SMILES string of the molecule is CN=C(NCCNC(=O)CC1CCCC1)NCc1cccc(OC)c1OC1CCCC1. The zero-order valence-corrected chi connectivity index (χ0v) is 19.0. The number of nitrogens with zero attached hydrogens (tertiary/aromatic N) is 1. The maximum Gasteiger partial charge on any atom is 0.220 e. The lowest BCUT2D eigenvalue weighted by atomic mass is 10.0. The molecule has 7 heteroatoms. The standard InChI is InChI=1S/C24H38N4O3/c1-25-24(27-15-14-26-22(29)16-18-8-3-4-9-18)28-17-19-10-7-13-21(30-2)23(19)31-20-11-5-6-12-20/h7,10,13,18,20H,3-6,8-9,11-12,14-17H2,1-2H3,(H,26,29)(H2,25,27,28). The van der Waals surface area contributed by atoms with E-state index in [9.17, 15) is 4.79 Å². The molecule has 0 radical (unpaired) electrons. The van der Waals surface area contributed by atoms with Crippen LogP contribution in [0.1, 0.15) is 63.4 Å². The first-order chi connectivity index (χ1) is 15.2. The molecule has 0 saturated heterocycles. The monoisotopic (exact) mass is 430 g/mol. The predicted octanol–water partition coefficient (Wildman–Crippen LogP) is 3.38. The van der Waals surface area contributed by atoms with Crippen LogP contribution in [0.25, 0.3) is 0 Å². The van der Waals surface area contributed by atoms with Crippen LogP contribution in [0.5, 0.6) is 11.5 Å². The molecule has 0 aromatic heterocycles. The van der Waals surface area contributed by atoms with Crippen LogP contribution in [0.2, 0.25) is 0 Å². The van der Waals surface area contributed by atoms with Gasteiger partial charge in [0.25, 0.3) is 0 Å². The number of carbonyl (C=O) groups excluding carboxylic acids is 1. The topological polar surface area (TPSA) is 84.0 Å². The van der Waals surface area contributed by atoms with Crippen LogP contribution in [-0.2, 0) is 11.3 Å². The molecule has 0 heterocycles. The van der Waals surface area contributed by atoms with Gasteiger partial charge in [-0.05, 0) is 50.5 Å². The summed E-state index contributed by atoms with van der Waals surface area (Å²) < 4.78 is 11.8. The van der Waals surface area contributed by atoms with Gasteiger partial charge in [-0.15, -0.1) is 0 Å². The minimum absolute atomic E-state index is 0.154. The predicted molar refractivity (Wildman–Crippen MR) is 124 cm³/mol. The average Bonchev–Trinajstić information content (AvgIpc) is 3.48. The number of ether oxygens (including phenoxy) is 2. The summed E-state index contributed by atoms with van der Waals surface area (Å²) in [5.41, 5.74) is 1.04. The first-order valence-electron chi connectivity index (χ1n) is 11.7. The lowest BCUT2D eigenvalue weighted by Crippen LogP contribution is -2.41. The number of carbonyl (C=O) groups is 1. The molecule has 0 unspecified atom stereocenters. The second-order valence-electron chi connectivity index (χ2n) is 8.53. The highest BCUT2D eigenvalue weighted by Crippen LogP contribution is 2.34. The van der Waals surface area contributed by atoms with Gasteiger partial charge in [-0.2, -0.15) is 0 Å². The molecule has 1 aromatic carbocycles. The van der Waals surface area contributed by atoms with Crippen LogP contribution in [0, 0.1) is 5.92 Å². The quantitative estimate of drug-likeness (QED) is 0.301. The van der Waals surface area contributed by atoms with E-state index in [2.05, 4.69) is 27.0 Å². The Hall–Kier alpha value is -2.44. The van der Waals surface area contributed by atoms with E-state index < -0.39 is 0 Å². The van der Waals surface area contributed by atoms with Crippen LogP contribution in [0.4, 0.5) is 0 Å². The van der Waals surface area contributed by atoms with E-state index in [1.807, 2.05) is 12.1 Å². The van der Waals surface area contributed by atoms with Crippen LogP contribution in [0.3, 0.4) is 0 Å². The number of amides is 1. The maximum atomic E-state index is 12.1. The van der Waals surface area contributed by atoms with Gasteiger partial charge in [0.15, 0.2) is 17.5 Å². The van der Waals surface area contributed by atoms with E-state index in [-0.39, 0.29) is 12.0 Å². The van der Waals surface area contributed by atoms with Crippen LogP contribution in [0.15, 0.2) is 23.2 Å². The molecule has 2 fully saturated rings. The Morgan fingerprint density at radius 2 is 1.74 bits per heavy atom. The Morgan fingerprint density at radius 1 is 1.03 bits per heavy atom. The number of nitrogens with one attached hydrogen (secondary N) is 3. The van der Waals surface area contributed by atoms with Gasteiger partial charge in [0, 0.05) is 38.7 Å². The van der Waals surface area contributed by atoms with Gasteiger partial charge in [-0.1, -0.05) is 25.0 Å². The minimum atomic E-state index is 0.154. The molecule has 2 aliphatic carbocycles. The second-order valence-corrected chi connectivity index (χ2v) is 8.53. The van der Waals surface area contributed by atoms with Crippen molar-refractivity contribution in [3.8, 4) is 11.5 Å². The molecule has 1 amide bonds. The largest absolute Gasteiger partial charge is 0.493 e. The van der Waals surface area contributed by atoms with E-state index in [0.29, 0.717) is 37.9 Å². The zero-order chi connectivity index (χ0) is 21.9. The average molecular weight is 431 g/mol. The summed E-state index contributed by atoms with van der Waals surface area (Å²) in [6.45, 7) is 1.79. The molecule has 2 saturated carbocycles. The maximum absolute atomic E-state index is 12.1. The molecular weight excluding hydrogens is 392 g/mol. The number of methoxy groups -OCH3 is 1. The molecule has 0 bridgehead atoms. The molecule has 0 aliphatic heterocycles. The van der Waals surface area contributed by atoms with Gasteiger partial charge in [0.05, 0.1) is 13.2 Å². The normalized spacial score (nSPS) is 17.5. The van der Waals surface area contributed by atoms with E-state index in [1.165, 1.54) is 38.5 Å². The summed E-state index contributed by atoms with van der Waals surface area (Å²) in [7, 11) is 3.42. The molecular formula is C24H38N4O3. The van der Waals surface area contributed by atoms with Crippen molar-refractivity contribution in [1.29, 1.82) is 0 Å². The van der Waals surface area contributed by atoms with Crippen molar-refractivity contribution in [2.45, 2.75) is 70.4 Å². The van der Waals surface area contributed by atoms with Crippen molar-refractivity contribution >= 4 is 11.9 Å². The van der Waals surface area contributed by atoms with Crippen molar-refractivity contribution in [2.24, 2.45) is 10.9 Å². The van der Waals surface area contributed by atoms with Crippen LogP contribution >= 0.6 is 0 Å². The Bertz CT molecular complexity index is 726. The third-order valence-electron chi connectivity index (χ3n) is 6.23. The fraction of sp³-hybridized carbons (Fsp3) is 0.667. The number of hydrogen-bond acceptors (Lipinski definition) is 4. The van der Waals surface area contributed by atoms with E-state index in [0.717, 1.165) is 29.9 Å². The fourth-order valence-electron chi connectivity index (χ4n) is 4.50. The Labute approximate surface area is 186 Å². The first-order valence-corrected chi connectivity index (χ1v) is 11.7. The van der Waals surface area contributed by atoms with Crippen molar-refractivity contribution in [1.82, 2.24) is 16.0 Å². The lowest BCUT2D eigenvalue weighted by Gasteiger charge is -2.20. The summed E-state index contributed by atoms with van der Waals surface area (Å²) in [6, 6.07) is 5.97. The first kappa shape index (κ1) is 23.2. The van der Waals surface area contributed by atoms with Gasteiger partial charge in [-0.3, -0.25) is 9.79 Å². The summed E-state index contributed by atoms with van der Waals surface area (Å²) in [5.74, 6) is 3.01. The smallest absolute Gasteiger partial charge is 0.220 e. The molecule has 1 aromatic rings. The number of guanidine groups is 1. The lowest BCUT2D eigenvalue weighted by molar-refractivity contribution is -0.121. The number of rotatable bonds is 10. The fourth-order valence-corrected chi connectivity index (χ4v) is 4.50. The van der Waals surface area contributed by atoms with Crippen molar-refractivity contribution in [2.75, 3.05) is 27.2 Å². The van der Waals surface area contributed by atoms with Crippen molar-refractivity contribution < 1.29 is 14.3 Å². The van der Waals surface area contributed by atoms with E-state index in [4.69, 9.17) is 9.47 Å². The van der Waals surface area contributed by atoms with Gasteiger partial charge in [-0.25, -0.2) is 0 Å². The van der Waals surface area contributed by atoms with Crippen LogP contribution < -0.4 is 25.4 Å². The van der Waals surface area contributed by atoms with Gasteiger partial charge < -0.3 is 25.4 Å². The Morgan fingerprint density at radius 3 is 2.45 bits per heavy atom. The third kappa shape index (κ3) is 7.33. The zero-order valence-electron chi connectivity index (χ0n) is 19.0. The van der Waals surface area contributed by atoms with Gasteiger partial charge >= 0.3 is 0 Å². The molecule has 172 valence electrons. The molecule has 2 aliphatic rings. The third-order valence-corrected chi connectivity index (χ3v) is 6.23. The van der Waals surface area contributed by atoms with Crippen LogP contribution in [-0.4, -0.2) is 45.2 Å². The summed E-state index contributed by atoms with van der Waals surface area (Å²) in [6.07, 6.45) is 10.5. The van der Waals surface area contributed by atoms with Gasteiger partial charge in [0.1, 0.15) is 0 Å². The number of benzene rings is 1. The summed E-state index contributed by atoms with van der Waals surface area (Å²) in [4.78, 5) is 16.3. The summed E-state index contributed by atoms with van der Waals surface area (Å²) in [5, 5.41) is 9.61. The molecule has 0 atom stereocenters. The molecule has 0 spiro atoms. The molecule has 3 rings (SSSR count). The highest BCUT2D eigenvalue weighted by molar-refractivity contribution is 5.80. The highest BCUT2D eigenvalue weighted by Gasteiger charge is 2.21. The Kier molecular flexibility index (Phi) is 9.31. The Balaban J connectivity index is 1.43. The number of aliphatic imine (C=N–C) groups is 1. The molecule has 7 nitrogen and oxygen atoms in total. The number of hydrogen-bond donors (Lipinski definition) is 3.